The first-order valence-corrected chi connectivity index (χ1v) is 6.86. The van der Waals surface area contributed by atoms with Crippen molar-refractivity contribution < 1.29 is 0 Å². The van der Waals surface area contributed by atoms with Crippen LogP contribution in [-0.2, 0) is 6.42 Å². The molecule has 0 amide bonds. The zero-order valence-electron chi connectivity index (χ0n) is 9.62. The number of anilines is 1. The third kappa shape index (κ3) is 2.48. The van der Waals surface area contributed by atoms with Crippen molar-refractivity contribution in [3.05, 3.63) is 27.2 Å². The van der Waals surface area contributed by atoms with E-state index in [1.807, 2.05) is 19.1 Å². The molecule has 2 aromatic rings. The zero-order chi connectivity index (χ0) is 12.4. The smallest absolute Gasteiger partial charge is 0.171 e. The summed E-state index contributed by atoms with van der Waals surface area (Å²) >= 11 is 5.05. The first-order chi connectivity index (χ1) is 8.15. The molecule has 0 radical (unpaired) electrons. The number of rotatable bonds is 3. The molecule has 2 aromatic heterocycles. The van der Waals surface area contributed by atoms with Crippen molar-refractivity contribution in [1.82, 2.24) is 9.97 Å². The maximum Gasteiger partial charge on any atom is 0.171 e. The van der Waals surface area contributed by atoms with Gasteiger partial charge >= 0.3 is 0 Å². The van der Waals surface area contributed by atoms with Crippen LogP contribution in [0, 0.1) is 6.92 Å². The quantitative estimate of drug-likeness (QED) is 0.675. The largest absolute Gasteiger partial charge is 0.308 e. The Kier molecular flexibility index (Phi) is 3.76. The van der Waals surface area contributed by atoms with E-state index in [4.69, 9.17) is 5.84 Å². The van der Waals surface area contributed by atoms with E-state index in [1.165, 1.54) is 0 Å². The molecule has 0 atom stereocenters. The number of thiophene rings is 1. The maximum atomic E-state index is 5.48. The number of aryl methyl sites for hydroxylation is 1. The van der Waals surface area contributed by atoms with Crippen molar-refractivity contribution in [2.24, 2.45) is 5.84 Å². The first-order valence-electron chi connectivity index (χ1n) is 5.25. The number of nitrogens with two attached hydrogens (primary N) is 1. The van der Waals surface area contributed by atoms with Crippen LogP contribution in [0.5, 0.6) is 0 Å². The van der Waals surface area contributed by atoms with E-state index in [-0.39, 0.29) is 0 Å². The minimum atomic E-state index is 0.691. The van der Waals surface area contributed by atoms with Crippen LogP contribution < -0.4 is 11.3 Å². The lowest BCUT2D eigenvalue weighted by Crippen LogP contribution is -2.13. The van der Waals surface area contributed by atoms with Crippen molar-refractivity contribution in [1.29, 1.82) is 0 Å². The molecule has 4 nitrogen and oxygen atoms in total. The lowest BCUT2D eigenvalue weighted by atomic mass is 10.2. The van der Waals surface area contributed by atoms with Crippen LogP contribution in [0.2, 0.25) is 0 Å². The number of hydrogen-bond acceptors (Lipinski definition) is 5. The third-order valence-corrected chi connectivity index (χ3v) is 4.13. The van der Waals surface area contributed by atoms with Gasteiger partial charge in [0.1, 0.15) is 5.82 Å². The van der Waals surface area contributed by atoms with Crippen LogP contribution in [0.1, 0.15) is 18.2 Å². The molecule has 0 unspecified atom stereocenters. The molecule has 0 aromatic carbocycles. The molecule has 0 fully saturated rings. The molecule has 2 heterocycles. The Morgan fingerprint density at radius 2 is 2.18 bits per heavy atom. The molecule has 0 saturated heterocycles. The van der Waals surface area contributed by atoms with Gasteiger partial charge in [0.15, 0.2) is 5.82 Å². The Bertz CT molecular complexity index is 513. The van der Waals surface area contributed by atoms with Crippen molar-refractivity contribution in [3.63, 3.8) is 0 Å². The van der Waals surface area contributed by atoms with Crippen molar-refractivity contribution in [2.75, 3.05) is 5.43 Å². The Balaban J connectivity index is 2.55. The summed E-state index contributed by atoms with van der Waals surface area (Å²) in [5.41, 5.74) is 4.66. The van der Waals surface area contributed by atoms with E-state index < -0.39 is 0 Å². The average Bonchev–Trinajstić information content (AvgIpc) is 2.76. The summed E-state index contributed by atoms with van der Waals surface area (Å²) in [6.07, 6.45) is 0.864. The molecule has 6 heteroatoms. The van der Waals surface area contributed by atoms with E-state index >= 15 is 0 Å². The topological polar surface area (TPSA) is 63.8 Å². The molecular formula is C11H13BrN4S. The second-order valence-corrected chi connectivity index (χ2v) is 6.03. The molecule has 90 valence electrons. The van der Waals surface area contributed by atoms with Crippen LogP contribution in [0.25, 0.3) is 10.7 Å². The van der Waals surface area contributed by atoms with Crippen molar-refractivity contribution in [3.8, 4) is 10.7 Å². The standard InChI is InChI=1S/C11H13BrN4S/c1-3-7-6(2)10(16-13)15-11(14-7)8-4-5-9(12)17-8/h4-5H,3,13H2,1-2H3,(H,14,15,16). The van der Waals surface area contributed by atoms with E-state index in [2.05, 4.69) is 38.2 Å². The second kappa shape index (κ2) is 5.12. The van der Waals surface area contributed by atoms with Crippen molar-refractivity contribution in [2.45, 2.75) is 20.3 Å². The van der Waals surface area contributed by atoms with Crippen LogP contribution in [0.15, 0.2) is 15.9 Å². The second-order valence-electron chi connectivity index (χ2n) is 3.57. The highest BCUT2D eigenvalue weighted by atomic mass is 79.9. The van der Waals surface area contributed by atoms with Crippen molar-refractivity contribution >= 4 is 33.1 Å². The van der Waals surface area contributed by atoms with Crippen LogP contribution in [0.3, 0.4) is 0 Å². The lowest BCUT2D eigenvalue weighted by Gasteiger charge is -2.09. The molecule has 2 rings (SSSR count). The van der Waals surface area contributed by atoms with Crippen LogP contribution in [0.4, 0.5) is 5.82 Å². The summed E-state index contributed by atoms with van der Waals surface area (Å²) < 4.78 is 1.07. The van der Waals surface area contributed by atoms with E-state index in [0.717, 1.165) is 32.2 Å². The number of hydrogen-bond donors (Lipinski definition) is 2. The fourth-order valence-corrected chi connectivity index (χ4v) is 2.91. The maximum absolute atomic E-state index is 5.48. The van der Waals surface area contributed by atoms with Gasteiger partial charge in [-0.3, -0.25) is 0 Å². The van der Waals surface area contributed by atoms with Gasteiger partial charge in [0, 0.05) is 11.3 Å². The summed E-state index contributed by atoms with van der Waals surface area (Å²) in [6.45, 7) is 4.05. The number of nitrogen functional groups attached to an aromatic ring is 1. The third-order valence-electron chi connectivity index (χ3n) is 2.51. The van der Waals surface area contributed by atoms with E-state index in [1.54, 1.807) is 11.3 Å². The van der Waals surface area contributed by atoms with Gasteiger partial charge in [0.2, 0.25) is 0 Å². The van der Waals surface area contributed by atoms with Gasteiger partial charge in [0.05, 0.1) is 8.66 Å². The molecule has 0 saturated carbocycles. The number of hydrazine groups is 1. The highest BCUT2D eigenvalue weighted by Gasteiger charge is 2.11. The van der Waals surface area contributed by atoms with Gasteiger partial charge in [-0.2, -0.15) is 0 Å². The molecule has 0 aliphatic rings. The van der Waals surface area contributed by atoms with Gasteiger partial charge in [-0.25, -0.2) is 15.8 Å². The summed E-state index contributed by atoms with van der Waals surface area (Å²) in [5, 5.41) is 0. The minimum absolute atomic E-state index is 0.691. The highest BCUT2D eigenvalue weighted by molar-refractivity contribution is 9.11. The Hall–Kier alpha value is -0.980. The predicted molar refractivity (Wildman–Crippen MR) is 75.0 cm³/mol. The molecule has 0 bridgehead atoms. The van der Waals surface area contributed by atoms with Gasteiger partial charge < -0.3 is 5.43 Å². The highest BCUT2D eigenvalue weighted by Crippen LogP contribution is 2.30. The van der Waals surface area contributed by atoms with E-state index in [9.17, 15) is 0 Å². The van der Waals surface area contributed by atoms with Crippen LogP contribution >= 0.6 is 27.3 Å². The average molecular weight is 313 g/mol. The SMILES string of the molecule is CCc1nc(-c2ccc(Br)s2)nc(NN)c1C. The Morgan fingerprint density at radius 1 is 1.41 bits per heavy atom. The normalized spacial score (nSPS) is 10.6. The minimum Gasteiger partial charge on any atom is -0.308 e. The molecule has 0 aliphatic carbocycles. The summed E-state index contributed by atoms with van der Waals surface area (Å²) in [4.78, 5) is 10.0. The molecule has 0 spiro atoms. The summed E-state index contributed by atoms with van der Waals surface area (Å²) in [5.74, 6) is 6.89. The molecule has 3 N–H and O–H groups in total. The monoisotopic (exact) mass is 312 g/mol. The molecular weight excluding hydrogens is 300 g/mol. The first kappa shape index (κ1) is 12.5. The Morgan fingerprint density at radius 3 is 2.71 bits per heavy atom. The van der Waals surface area contributed by atoms with E-state index in [0.29, 0.717) is 5.82 Å². The number of nitrogens with zero attached hydrogens (tertiary/aromatic N) is 2. The zero-order valence-corrected chi connectivity index (χ0v) is 12.0. The van der Waals surface area contributed by atoms with Crippen LogP contribution in [-0.4, -0.2) is 9.97 Å². The lowest BCUT2D eigenvalue weighted by molar-refractivity contribution is 0.975. The fraction of sp³-hybridized carbons (Fsp3) is 0.273. The van der Waals surface area contributed by atoms with Gasteiger partial charge in [-0.15, -0.1) is 11.3 Å². The number of aromatic nitrogens is 2. The number of nitrogens with one attached hydrogen (secondary N) is 1. The van der Waals surface area contributed by atoms with Gasteiger partial charge in [-0.05, 0) is 41.4 Å². The summed E-state index contributed by atoms with van der Waals surface area (Å²) in [7, 11) is 0. The predicted octanol–water partition coefficient (Wildman–Crippen LogP) is 3.12. The fourth-order valence-electron chi connectivity index (χ4n) is 1.59. The number of halogens is 1. The van der Waals surface area contributed by atoms with Gasteiger partial charge in [0.25, 0.3) is 0 Å². The Labute approximate surface area is 112 Å². The summed E-state index contributed by atoms with van der Waals surface area (Å²) in [6, 6.07) is 3.99. The molecule has 17 heavy (non-hydrogen) atoms. The van der Waals surface area contributed by atoms with Gasteiger partial charge in [-0.1, -0.05) is 6.92 Å². The molecule has 0 aliphatic heterocycles.